The van der Waals surface area contributed by atoms with Gasteiger partial charge in [0, 0.05) is 11.4 Å². The summed E-state index contributed by atoms with van der Waals surface area (Å²) in [6.07, 6.45) is 0.949. The SMILES string of the molecule is CSc1ccc([C@@H](O)CNS(=O)(=O)c2ccc(F)c(Cl)c2)cc1. The molecule has 0 spiro atoms. The zero-order valence-corrected chi connectivity index (χ0v) is 14.6. The number of nitrogens with one attached hydrogen (secondary N) is 1. The number of aliphatic hydroxyl groups is 1. The first-order valence-corrected chi connectivity index (χ1v) is 9.69. The molecule has 2 aromatic carbocycles. The van der Waals surface area contributed by atoms with Crippen LogP contribution in [-0.2, 0) is 10.0 Å². The van der Waals surface area contributed by atoms with E-state index in [2.05, 4.69) is 4.72 Å². The van der Waals surface area contributed by atoms with Crippen LogP contribution in [0.4, 0.5) is 4.39 Å². The molecule has 0 bridgehead atoms. The van der Waals surface area contributed by atoms with Crippen molar-refractivity contribution < 1.29 is 17.9 Å². The predicted molar refractivity (Wildman–Crippen MR) is 89.8 cm³/mol. The van der Waals surface area contributed by atoms with E-state index in [4.69, 9.17) is 11.6 Å². The van der Waals surface area contributed by atoms with Gasteiger partial charge in [-0.25, -0.2) is 17.5 Å². The van der Waals surface area contributed by atoms with E-state index in [-0.39, 0.29) is 16.5 Å². The highest BCUT2D eigenvalue weighted by Crippen LogP contribution is 2.21. The highest BCUT2D eigenvalue weighted by Gasteiger charge is 2.18. The first-order chi connectivity index (χ1) is 10.8. The van der Waals surface area contributed by atoms with E-state index < -0.39 is 21.9 Å². The average Bonchev–Trinajstić information content (AvgIpc) is 2.55. The van der Waals surface area contributed by atoms with Crippen LogP contribution in [0.3, 0.4) is 0 Å². The van der Waals surface area contributed by atoms with Crippen LogP contribution in [0.25, 0.3) is 0 Å². The summed E-state index contributed by atoms with van der Waals surface area (Å²) >= 11 is 7.16. The van der Waals surface area contributed by atoms with E-state index in [1.54, 1.807) is 23.9 Å². The maximum absolute atomic E-state index is 13.1. The zero-order valence-electron chi connectivity index (χ0n) is 12.2. The summed E-state index contributed by atoms with van der Waals surface area (Å²) in [5.74, 6) is -0.695. The predicted octanol–water partition coefficient (Wildman–Crippen LogP) is 3.21. The van der Waals surface area contributed by atoms with E-state index >= 15 is 0 Å². The van der Waals surface area contributed by atoms with Gasteiger partial charge in [0.2, 0.25) is 10.0 Å². The Hall–Kier alpha value is -1.12. The molecule has 0 fully saturated rings. The molecule has 2 N–H and O–H groups in total. The Morgan fingerprint density at radius 1 is 1.26 bits per heavy atom. The minimum absolute atomic E-state index is 0.158. The van der Waals surface area contributed by atoms with Gasteiger partial charge in [-0.3, -0.25) is 0 Å². The Morgan fingerprint density at radius 2 is 1.91 bits per heavy atom. The number of rotatable bonds is 6. The maximum atomic E-state index is 13.1. The van der Waals surface area contributed by atoms with E-state index in [1.807, 2.05) is 18.4 Å². The molecule has 0 aliphatic rings. The fraction of sp³-hybridized carbons (Fsp3) is 0.200. The topological polar surface area (TPSA) is 66.4 Å². The van der Waals surface area contributed by atoms with Crippen molar-refractivity contribution >= 4 is 33.4 Å². The van der Waals surface area contributed by atoms with Crippen molar-refractivity contribution in [2.45, 2.75) is 15.9 Å². The molecule has 4 nitrogen and oxygen atoms in total. The lowest BCUT2D eigenvalue weighted by Gasteiger charge is -2.13. The molecule has 8 heteroatoms. The summed E-state index contributed by atoms with van der Waals surface area (Å²) in [5.41, 5.74) is 0.600. The van der Waals surface area contributed by atoms with Gasteiger partial charge in [0.25, 0.3) is 0 Å². The number of halogens is 2. The van der Waals surface area contributed by atoms with Gasteiger partial charge in [0.15, 0.2) is 0 Å². The molecule has 0 aromatic heterocycles. The summed E-state index contributed by atoms with van der Waals surface area (Å²) in [7, 11) is -3.88. The fourth-order valence-electron chi connectivity index (χ4n) is 1.86. The Morgan fingerprint density at radius 3 is 2.48 bits per heavy atom. The highest BCUT2D eigenvalue weighted by atomic mass is 35.5. The number of aliphatic hydroxyl groups excluding tert-OH is 1. The molecule has 0 heterocycles. The van der Waals surface area contributed by atoms with Crippen molar-refractivity contribution in [3.8, 4) is 0 Å². The number of hydrogen-bond acceptors (Lipinski definition) is 4. The molecule has 124 valence electrons. The second-order valence-electron chi connectivity index (χ2n) is 4.72. The van der Waals surface area contributed by atoms with Crippen molar-refractivity contribution in [2.24, 2.45) is 0 Å². The summed E-state index contributed by atoms with van der Waals surface area (Å²) < 4.78 is 39.6. The fourth-order valence-corrected chi connectivity index (χ4v) is 3.58. The van der Waals surface area contributed by atoms with Crippen molar-refractivity contribution in [3.05, 3.63) is 58.9 Å². The summed E-state index contributed by atoms with van der Waals surface area (Å²) in [6.45, 7) is -0.198. The highest BCUT2D eigenvalue weighted by molar-refractivity contribution is 7.98. The first kappa shape index (κ1) is 18.2. The molecular weight excluding hydrogens is 361 g/mol. The van der Waals surface area contributed by atoms with Gasteiger partial charge < -0.3 is 5.11 Å². The van der Waals surface area contributed by atoms with Crippen LogP contribution in [0, 0.1) is 5.82 Å². The molecule has 2 aromatic rings. The third kappa shape index (κ3) is 4.68. The Balaban J connectivity index is 2.06. The molecule has 1 atom stereocenters. The molecule has 0 amide bonds. The summed E-state index contributed by atoms with van der Waals surface area (Å²) in [4.78, 5) is 0.885. The quantitative estimate of drug-likeness (QED) is 0.761. The van der Waals surface area contributed by atoms with Gasteiger partial charge in [-0.2, -0.15) is 0 Å². The van der Waals surface area contributed by atoms with Crippen LogP contribution in [0.2, 0.25) is 5.02 Å². The van der Waals surface area contributed by atoms with Crippen LogP contribution in [-0.4, -0.2) is 26.3 Å². The number of sulfonamides is 1. The van der Waals surface area contributed by atoms with Crippen LogP contribution in [0.1, 0.15) is 11.7 Å². The normalized spacial score (nSPS) is 13.0. The molecule has 0 radical (unpaired) electrons. The van der Waals surface area contributed by atoms with Crippen molar-refractivity contribution in [2.75, 3.05) is 12.8 Å². The van der Waals surface area contributed by atoms with Crippen molar-refractivity contribution in [1.29, 1.82) is 0 Å². The first-order valence-electron chi connectivity index (χ1n) is 6.60. The standard InChI is InChI=1S/C15H15ClFNO3S2/c1-22-11-4-2-10(3-5-11)15(19)9-18-23(20,21)12-6-7-14(17)13(16)8-12/h2-8,15,18-19H,9H2,1H3/t15-/m0/s1. The third-order valence-corrected chi connectivity index (χ3v) is 5.62. The third-order valence-electron chi connectivity index (χ3n) is 3.17. The van der Waals surface area contributed by atoms with Crippen LogP contribution in [0.15, 0.2) is 52.3 Å². The molecule has 0 unspecified atom stereocenters. The Kier molecular flexibility index (Phi) is 6.05. The Bertz CT molecular complexity index is 782. The van der Waals surface area contributed by atoms with E-state index in [1.165, 1.54) is 0 Å². The monoisotopic (exact) mass is 375 g/mol. The van der Waals surface area contributed by atoms with Crippen molar-refractivity contribution in [1.82, 2.24) is 4.72 Å². The molecular formula is C15H15ClFNO3S2. The average molecular weight is 376 g/mol. The number of benzene rings is 2. The summed E-state index contributed by atoms with van der Waals surface area (Å²) in [6, 6.07) is 10.3. The second-order valence-corrected chi connectivity index (χ2v) is 7.77. The smallest absolute Gasteiger partial charge is 0.240 e. The molecule has 23 heavy (non-hydrogen) atoms. The van der Waals surface area contributed by atoms with E-state index in [9.17, 15) is 17.9 Å². The molecule has 0 saturated carbocycles. The lowest BCUT2D eigenvalue weighted by atomic mass is 10.1. The van der Waals surface area contributed by atoms with Gasteiger partial charge in [0.1, 0.15) is 5.82 Å². The minimum Gasteiger partial charge on any atom is -0.387 e. The molecule has 2 rings (SSSR count). The van der Waals surface area contributed by atoms with Gasteiger partial charge in [-0.05, 0) is 42.2 Å². The van der Waals surface area contributed by atoms with E-state index in [0.29, 0.717) is 5.56 Å². The van der Waals surface area contributed by atoms with Crippen LogP contribution >= 0.6 is 23.4 Å². The largest absolute Gasteiger partial charge is 0.387 e. The number of hydrogen-bond donors (Lipinski definition) is 2. The Labute approximate surface area is 143 Å². The number of thioether (sulfide) groups is 1. The van der Waals surface area contributed by atoms with E-state index in [0.717, 1.165) is 23.1 Å². The molecule has 0 saturated heterocycles. The molecule has 0 aliphatic carbocycles. The lowest BCUT2D eigenvalue weighted by Crippen LogP contribution is -2.28. The van der Waals surface area contributed by atoms with Crippen LogP contribution in [0.5, 0.6) is 0 Å². The van der Waals surface area contributed by atoms with Gasteiger partial charge in [-0.1, -0.05) is 23.7 Å². The zero-order chi connectivity index (χ0) is 17.0. The van der Waals surface area contributed by atoms with Crippen molar-refractivity contribution in [3.63, 3.8) is 0 Å². The summed E-state index contributed by atoms with van der Waals surface area (Å²) in [5, 5.41) is 9.80. The van der Waals surface area contributed by atoms with Gasteiger partial charge in [0.05, 0.1) is 16.0 Å². The lowest BCUT2D eigenvalue weighted by molar-refractivity contribution is 0.182. The molecule has 0 aliphatic heterocycles. The van der Waals surface area contributed by atoms with Crippen LogP contribution < -0.4 is 4.72 Å². The van der Waals surface area contributed by atoms with Gasteiger partial charge in [-0.15, -0.1) is 11.8 Å². The minimum atomic E-state index is -3.88. The van der Waals surface area contributed by atoms with Gasteiger partial charge >= 0.3 is 0 Å². The second kappa shape index (κ2) is 7.63. The maximum Gasteiger partial charge on any atom is 0.240 e.